The molecule has 0 bridgehead atoms. The molecule has 1 N–H and O–H groups in total. The van der Waals surface area contributed by atoms with Crippen molar-refractivity contribution in [3.8, 4) is 0 Å². The molecule has 0 saturated heterocycles. The first kappa shape index (κ1) is 17.7. The van der Waals surface area contributed by atoms with E-state index in [1.165, 1.54) is 0 Å². The van der Waals surface area contributed by atoms with Gasteiger partial charge in [-0.1, -0.05) is 48.5 Å². The number of imide groups is 1. The lowest BCUT2D eigenvalue weighted by atomic mass is 10.1. The van der Waals surface area contributed by atoms with Gasteiger partial charge in [0.1, 0.15) is 0 Å². The van der Waals surface area contributed by atoms with E-state index >= 15 is 0 Å². The molecule has 0 aliphatic carbocycles. The van der Waals surface area contributed by atoms with Crippen LogP contribution in [0.25, 0.3) is 0 Å². The molecule has 1 aliphatic rings. The fourth-order valence-electron chi connectivity index (χ4n) is 3.32. The average Bonchev–Trinajstić information content (AvgIpc) is 2.99. The molecule has 138 valence electrons. The monoisotopic (exact) mass is 370 g/mol. The minimum absolute atomic E-state index is 0.170. The van der Waals surface area contributed by atoms with Gasteiger partial charge in [0.15, 0.2) is 0 Å². The van der Waals surface area contributed by atoms with Crippen molar-refractivity contribution in [3.63, 3.8) is 0 Å². The van der Waals surface area contributed by atoms with Crippen LogP contribution in [0.1, 0.15) is 49.6 Å². The summed E-state index contributed by atoms with van der Waals surface area (Å²) in [5.41, 5.74) is 2.51. The highest BCUT2D eigenvalue weighted by molar-refractivity contribution is 6.34. The number of carbonyl (C=O) groups excluding carboxylic acids is 3. The fourth-order valence-corrected chi connectivity index (χ4v) is 3.32. The molecule has 4 rings (SSSR count). The van der Waals surface area contributed by atoms with E-state index < -0.39 is 0 Å². The Balaban J connectivity index is 1.58. The smallest absolute Gasteiger partial charge is 0.266 e. The molecule has 0 saturated carbocycles. The third-order valence-electron chi connectivity index (χ3n) is 4.81. The highest BCUT2D eigenvalue weighted by atomic mass is 16.2. The minimum Gasteiger partial charge on any atom is -0.346 e. The summed E-state index contributed by atoms with van der Waals surface area (Å²) < 4.78 is 0. The molecule has 5 heteroatoms. The zero-order valence-electron chi connectivity index (χ0n) is 15.3. The van der Waals surface area contributed by atoms with E-state index in [1.807, 2.05) is 37.3 Å². The van der Waals surface area contributed by atoms with Gasteiger partial charge < -0.3 is 5.32 Å². The van der Waals surface area contributed by atoms with Crippen molar-refractivity contribution in [2.45, 2.75) is 13.0 Å². The molecule has 1 aliphatic heterocycles. The van der Waals surface area contributed by atoms with Crippen LogP contribution in [0.3, 0.4) is 0 Å². The number of benzene rings is 3. The summed E-state index contributed by atoms with van der Waals surface area (Å²) in [6.45, 7) is 1.90. The molecular weight excluding hydrogens is 352 g/mol. The number of carbonyl (C=O) groups is 3. The number of hydrogen-bond donors (Lipinski definition) is 1. The lowest BCUT2D eigenvalue weighted by Crippen LogP contribution is -2.30. The van der Waals surface area contributed by atoms with E-state index in [9.17, 15) is 14.4 Å². The van der Waals surface area contributed by atoms with Crippen molar-refractivity contribution in [3.05, 3.63) is 101 Å². The first-order chi connectivity index (χ1) is 13.6. The summed E-state index contributed by atoms with van der Waals surface area (Å²) in [5, 5.41) is 2.94. The van der Waals surface area contributed by atoms with Crippen molar-refractivity contribution >= 4 is 23.4 Å². The van der Waals surface area contributed by atoms with Crippen LogP contribution in [-0.2, 0) is 0 Å². The number of anilines is 1. The zero-order valence-corrected chi connectivity index (χ0v) is 15.3. The number of rotatable bonds is 4. The van der Waals surface area contributed by atoms with Gasteiger partial charge in [0.25, 0.3) is 17.7 Å². The third kappa shape index (κ3) is 3.07. The molecule has 3 amide bonds. The van der Waals surface area contributed by atoms with Crippen LogP contribution in [0.5, 0.6) is 0 Å². The summed E-state index contributed by atoms with van der Waals surface area (Å²) in [4.78, 5) is 39.1. The third-order valence-corrected chi connectivity index (χ3v) is 4.81. The van der Waals surface area contributed by atoms with E-state index in [-0.39, 0.29) is 23.8 Å². The number of hydrogen-bond acceptors (Lipinski definition) is 3. The number of nitrogens with one attached hydrogen (secondary N) is 1. The second kappa shape index (κ2) is 7.12. The summed E-state index contributed by atoms with van der Waals surface area (Å²) in [6, 6.07) is 22.7. The van der Waals surface area contributed by atoms with Crippen LogP contribution >= 0.6 is 0 Å². The molecule has 5 nitrogen and oxygen atoms in total. The van der Waals surface area contributed by atoms with Crippen molar-refractivity contribution in [2.75, 3.05) is 4.90 Å². The normalized spacial score (nSPS) is 14.0. The Morgan fingerprint density at radius 2 is 1.43 bits per heavy atom. The van der Waals surface area contributed by atoms with Crippen LogP contribution < -0.4 is 10.2 Å². The van der Waals surface area contributed by atoms with Crippen molar-refractivity contribution < 1.29 is 14.4 Å². The van der Waals surface area contributed by atoms with Gasteiger partial charge in [0, 0.05) is 5.56 Å². The van der Waals surface area contributed by atoms with E-state index in [4.69, 9.17) is 0 Å². The largest absolute Gasteiger partial charge is 0.346 e. The molecule has 0 aromatic heterocycles. The lowest BCUT2D eigenvalue weighted by molar-refractivity contribution is 0.0916. The van der Waals surface area contributed by atoms with Gasteiger partial charge in [-0.2, -0.15) is 0 Å². The quantitative estimate of drug-likeness (QED) is 0.707. The zero-order chi connectivity index (χ0) is 19.7. The maximum atomic E-state index is 12.7. The molecule has 0 radical (unpaired) electrons. The minimum atomic E-state index is -0.379. The summed E-state index contributed by atoms with van der Waals surface area (Å²) in [6.07, 6.45) is 0. The van der Waals surface area contributed by atoms with Gasteiger partial charge in [-0.3, -0.25) is 14.4 Å². The van der Waals surface area contributed by atoms with Crippen molar-refractivity contribution in [1.82, 2.24) is 5.32 Å². The van der Waals surface area contributed by atoms with Gasteiger partial charge in [-0.15, -0.1) is 0 Å². The van der Waals surface area contributed by atoms with Gasteiger partial charge in [0.2, 0.25) is 0 Å². The number of nitrogens with zero attached hydrogens (tertiary/aromatic N) is 1. The molecule has 28 heavy (non-hydrogen) atoms. The predicted molar refractivity (Wildman–Crippen MR) is 106 cm³/mol. The topological polar surface area (TPSA) is 66.5 Å². The summed E-state index contributed by atoms with van der Waals surface area (Å²) in [5.74, 6) is -1.03. The predicted octanol–water partition coefficient (Wildman–Crippen LogP) is 3.98. The van der Waals surface area contributed by atoms with Crippen LogP contribution in [0.15, 0.2) is 78.9 Å². The van der Waals surface area contributed by atoms with Gasteiger partial charge in [0.05, 0.1) is 22.9 Å². The van der Waals surface area contributed by atoms with Crippen molar-refractivity contribution in [2.24, 2.45) is 0 Å². The standard InChI is InChI=1S/C23H18N2O3/c1-15(16-8-3-2-4-9-16)24-21(26)17-10-7-11-18(14-17)25-22(27)19-12-5-6-13-20(19)23(25)28/h2-15H,1H3,(H,24,26). The molecule has 1 atom stereocenters. The Morgan fingerprint density at radius 1 is 0.821 bits per heavy atom. The van der Waals surface area contributed by atoms with Crippen molar-refractivity contribution in [1.29, 1.82) is 0 Å². The number of fused-ring (bicyclic) bond motifs is 1. The second-order valence-electron chi connectivity index (χ2n) is 6.65. The molecule has 3 aromatic carbocycles. The Hall–Kier alpha value is -3.73. The molecule has 1 unspecified atom stereocenters. The Bertz CT molecular complexity index is 1040. The van der Waals surface area contributed by atoms with E-state index in [0.717, 1.165) is 10.5 Å². The molecule has 0 spiro atoms. The highest BCUT2D eigenvalue weighted by Gasteiger charge is 2.36. The molecule has 0 fully saturated rings. The summed E-state index contributed by atoms with van der Waals surface area (Å²) in [7, 11) is 0. The first-order valence-electron chi connectivity index (χ1n) is 9.00. The van der Waals surface area contributed by atoms with E-state index in [0.29, 0.717) is 22.4 Å². The van der Waals surface area contributed by atoms with Crippen LogP contribution in [-0.4, -0.2) is 17.7 Å². The van der Waals surface area contributed by atoms with E-state index in [2.05, 4.69) is 5.32 Å². The molecule has 1 heterocycles. The maximum Gasteiger partial charge on any atom is 0.266 e. The van der Waals surface area contributed by atoms with Gasteiger partial charge in [-0.05, 0) is 42.8 Å². The van der Waals surface area contributed by atoms with Gasteiger partial charge >= 0.3 is 0 Å². The number of amides is 3. The van der Waals surface area contributed by atoms with Crippen LogP contribution in [0, 0.1) is 0 Å². The van der Waals surface area contributed by atoms with Crippen LogP contribution in [0.4, 0.5) is 5.69 Å². The maximum absolute atomic E-state index is 12.7. The second-order valence-corrected chi connectivity index (χ2v) is 6.65. The highest BCUT2D eigenvalue weighted by Crippen LogP contribution is 2.28. The Kier molecular flexibility index (Phi) is 4.49. The lowest BCUT2D eigenvalue weighted by Gasteiger charge is -2.17. The summed E-state index contributed by atoms with van der Waals surface area (Å²) >= 11 is 0. The van der Waals surface area contributed by atoms with E-state index in [1.54, 1.807) is 48.5 Å². The SMILES string of the molecule is CC(NC(=O)c1cccc(N2C(=O)c3ccccc3C2=O)c1)c1ccccc1. The Labute approximate surface area is 162 Å². The molecular formula is C23H18N2O3. The first-order valence-corrected chi connectivity index (χ1v) is 9.00. The van der Waals surface area contributed by atoms with Crippen LogP contribution in [0.2, 0.25) is 0 Å². The average molecular weight is 370 g/mol. The van der Waals surface area contributed by atoms with Gasteiger partial charge in [-0.25, -0.2) is 4.90 Å². The fraction of sp³-hybridized carbons (Fsp3) is 0.0870. The Morgan fingerprint density at radius 3 is 2.07 bits per heavy atom. The molecule has 3 aromatic rings.